The zero-order valence-electron chi connectivity index (χ0n) is 13.8. The van der Waals surface area contributed by atoms with Gasteiger partial charge in [0.05, 0.1) is 15.7 Å². The fraction of sp³-hybridized carbons (Fsp3) is 0.438. The number of benzene rings is 1. The Labute approximate surface area is 161 Å². The van der Waals surface area contributed by atoms with E-state index in [9.17, 15) is 14.4 Å². The topological polar surface area (TPSA) is 84.5 Å². The van der Waals surface area contributed by atoms with Gasteiger partial charge in [-0.15, -0.1) is 0 Å². The number of hydrogen-bond donors (Lipinski definition) is 2. The van der Waals surface area contributed by atoms with Gasteiger partial charge in [-0.05, 0) is 24.5 Å². The Morgan fingerprint density at radius 2 is 1.68 bits per heavy atom. The van der Waals surface area contributed by atoms with Crippen LogP contribution in [0.3, 0.4) is 0 Å². The summed E-state index contributed by atoms with van der Waals surface area (Å²) in [5, 5.41) is 5.52. The van der Waals surface area contributed by atoms with Crippen LogP contribution < -0.4 is 10.6 Å². The van der Waals surface area contributed by atoms with Gasteiger partial charge in [0.1, 0.15) is 6.54 Å². The molecule has 1 aromatic rings. The summed E-state index contributed by atoms with van der Waals surface area (Å²) in [5.74, 6) is -1.19. The minimum atomic E-state index is -0.721. The minimum Gasteiger partial charge on any atom is -0.454 e. The summed E-state index contributed by atoms with van der Waals surface area (Å²) in [7, 11) is 0. The van der Waals surface area contributed by atoms with E-state index in [2.05, 4.69) is 10.6 Å². The second-order valence-corrected chi connectivity index (χ2v) is 6.91. The molecule has 9 heteroatoms. The molecule has 0 heterocycles. The van der Waals surface area contributed by atoms with E-state index in [1.807, 2.05) is 13.8 Å². The molecule has 0 spiro atoms. The van der Waals surface area contributed by atoms with Gasteiger partial charge in [-0.25, -0.2) is 0 Å². The first kappa shape index (κ1) is 21.5. The minimum absolute atomic E-state index is 0.162. The Morgan fingerprint density at radius 1 is 1.08 bits per heavy atom. The molecule has 1 aromatic carbocycles. The van der Waals surface area contributed by atoms with Gasteiger partial charge < -0.3 is 15.4 Å². The van der Waals surface area contributed by atoms with Crippen LogP contribution in [-0.4, -0.2) is 30.9 Å². The molecule has 0 aliphatic carbocycles. The van der Waals surface area contributed by atoms with Crippen LogP contribution in [0.5, 0.6) is 0 Å². The van der Waals surface area contributed by atoms with Crippen LogP contribution in [0, 0.1) is 5.92 Å². The number of ether oxygens (including phenoxy) is 1. The predicted molar refractivity (Wildman–Crippen MR) is 98.1 cm³/mol. The van der Waals surface area contributed by atoms with Crippen LogP contribution >= 0.6 is 34.8 Å². The number of anilines is 1. The van der Waals surface area contributed by atoms with Crippen molar-refractivity contribution in [3.05, 3.63) is 27.2 Å². The van der Waals surface area contributed by atoms with Gasteiger partial charge in [-0.1, -0.05) is 48.7 Å². The van der Waals surface area contributed by atoms with Crippen molar-refractivity contribution < 1.29 is 19.1 Å². The number of rotatable bonds is 8. The molecule has 0 fully saturated rings. The zero-order valence-corrected chi connectivity index (χ0v) is 16.1. The molecule has 0 aromatic heterocycles. The fourth-order valence-corrected chi connectivity index (χ4v) is 2.62. The Hall–Kier alpha value is -1.50. The van der Waals surface area contributed by atoms with Gasteiger partial charge in [-0.3, -0.25) is 14.4 Å². The van der Waals surface area contributed by atoms with Crippen molar-refractivity contribution in [2.45, 2.75) is 26.7 Å². The smallest absolute Gasteiger partial charge is 0.325 e. The van der Waals surface area contributed by atoms with Gasteiger partial charge in [0.2, 0.25) is 5.91 Å². The van der Waals surface area contributed by atoms with Crippen LogP contribution in [0.1, 0.15) is 26.7 Å². The van der Waals surface area contributed by atoms with Crippen molar-refractivity contribution in [1.29, 1.82) is 0 Å². The molecule has 25 heavy (non-hydrogen) atoms. The van der Waals surface area contributed by atoms with Crippen LogP contribution in [0.2, 0.25) is 15.1 Å². The number of carbonyl (C=O) groups excluding carboxylic acids is 3. The lowest BCUT2D eigenvalue weighted by molar-refractivity contribution is -0.147. The molecule has 1 rings (SSSR count). The average molecular weight is 410 g/mol. The molecule has 138 valence electrons. The Kier molecular flexibility index (Phi) is 9.03. The Bertz CT molecular complexity index is 627. The summed E-state index contributed by atoms with van der Waals surface area (Å²) in [4.78, 5) is 34.8. The largest absolute Gasteiger partial charge is 0.454 e. The maximum Gasteiger partial charge on any atom is 0.325 e. The lowest BCUT2D eigenvalue weighted by Crippen LogP contribution is -2.32. The zero-order chi connectivity index (χ0) is 19.0. The van der Waals surface area contributed by atoms with E-state index in [0.29, 0.717) is 17.4 Å². The second kappa shape index (κ2) is 10.5. The molecule has 0 saturated heterocycles. The summed E-state index contributed by atoms with van der Waals surface area (Å²) in [5.41, 5.74) is 0.177. The fourth-order valence-electron chi connectivity index (χ4n) is 1.71. The maximum atomic E-state index is 11.8. The molecular formula is C16H19Cl3N2O4. The molecule has 0 unspecified atom stereocenters. The number of hydrogen-bond acceptors (Lipinski definition) is 4. The highest BCUT2D eigenvalue weighted by Gasteiger charge is 2.14. The molecule has 0 bridgehead atoms. The monoisotopic (exact) mass is 408 g/mol. The third kappa shape index (κ3) is 8.43. The number of halogens is 3. The number of amides is 2. The van der Waals surface area contributed by atoms with Crippen molar-refractivity contribution in [3.63, 3.8) is 0 Å². The van der Waals surface area contributed by atoms with Gasteiger partial charge in [0.15, 0.2) is 6.61 Å². The van der Waals surface area contributed by atoms with Crippen LogP contribution in [0.4, 0.5) is 5.69 Å². The summed E-state index contributed by atoms with van der Waals surface area (Å²) < 4.78 is 4.78. The summed E-state index contributed by atoms with van der Waals surface area (Å²) in [6, 6.07) is 2.84. The molecule has 0 aliphatic rings. The Balaban J connectivity index is 2.37. The maximum absolute atomic E-state index is 11.8. The molecular weight excluding hydrogens is 391 g/mol. The van der Waals surface area contributed by atoms with Crippen molar-refractivity contribution >= 4 is 58.3 Å². The summed E-state index contributed by atoms with van der Waals surface area (Å²) in [6.45, 7) is 3.17. The van der Waals surface area contributed by atoms with Crippen molar-refractivity contribution in [2.24, 2.45) is 5.92 Å². The van der Waals surface area contributed by atoms with Gasteiger partial charge >= 0.3 is 5.97 Å². The third-order valence-corrected chi connectivity index (χ3v) is 3.83. The molecule has 0 saturated carbocycles. The first-order valence-electron chi connectivity index (χ1n) is 7.55. The number of carbonyl (C=O) groups is 3. The van der Waals surface area contributed by atoms with Gasteiger partial charge in [-0.2, -0.15) is 0 Å². The van der Waals surface area contributed by atoms with E-state index < -0.39 is 18.5 Å². The summed E-state index contributed by atoms with van der Waals surface area (Å²) >= 11 is 17.7. The molecule has 0 radical (unpaired) electrons. The highest BCUT2D eigenvalue weighted by Crippen LogP contribution is 2.33. The van der Waals surface area contributed by atoms with Crippen molar-refractivity contribution in [3.8, 4) is 0 Å². The number of nitrogens with one attached hydrogen (secondary N) is 2. The second-order valence-electron chi connectivity index (χ2n) is 5.66. The SMILES string of the molecule is CC(C)CCC(=O)NCC(=O)OCC(=O)Nc1c(Cl)cc(Cl)cc1Cl. The molecule has 6 nitrogen and oxygen atoms in total. The Morgan fingerprint density at radius 3 is 2.24 bits per heavy atom. The lowest BCUT2D eigenvalue weighted by atomic mass is 10.1. The molecule has 2 amide bonds. The van der Waals surface area contributed by atoms with E-state index in [1.54, 1.807) is 0 Å². The van der Waals surface area contributed by atoms with Crippen molar-refractivity contribution in [1.82, 2.24) is 5.32 Å². The highest BCUT2D eigenvalue weighted by molar-refractivity contribution is 6.42. The highest BCUT2D eigenvalue weighted by atomic mass is 35.5. The number of esters is 1. The molecule has 2 N–H and O–H groups in total. The predicted octanol–water partition coefficient (Wildman–Crippen LogP) is 3.68. The van der Waals surface area contributed by atoms with Crippen LogP contribution in [0.25, 0.3) is 0 Å². The van der Waals surface area contributed by atoms with Gasteiger partial charge in [0.25, 0.3) is 5.91 Å². The van der Waals surface area contributed by atoms with Gasteiger partial charge in [0, 0.05) is 11.4 Å². The average Bonchev–Trinajstić information content (AvgIpc) is 2.52. The van der Waals surface area contributed by atoms with E-state index in [-0.39, 0.29) is 28.2 Å². The van der Waals surface area contributed by atoms with E-state index in [4.69, 9.17) is 39.5 Å². The standard InChI is InChI=1S/C16H19Cl3N2O4/c1-9(2)3-4-13(22)20-7-15(24)25-8-14(23)21-16-11(18)5-10(17)6-12(16)19/h5-6,9H,3-4,7-8H2,1-2H3,(H,20,22)(H,21,23). The van der Waals surface area contributed by atoms with Crippen LogP contribution in [0.15, 0.2) is 12.1 Å². The van der Waals surface area contributed by atoms with E-state index in [1.165, 1.54) is 12.1 Å². The summed E-state index contributed by atoms with van der Waals surface area (Å²) in [6.07, 6.45) is 1.06. The van der Waals surface area contributed by atoms with E-state index in [0.717, 1.165) is 6.42 Å². The first-order valence-corrected chi connectivity index (χ1v) is 8.69. The van der Waals surface area contributed by atoms with E-state index >= 15 is 0 Å². The van der Waals surface area contributed by atoms with Crippen molar-refractivity contribution in [2.75, 3.05) is 18.5 Å². The first-order chi connectivity index (χ1) is 11.7. The molecule has 0 aliphatic heterocycles. The lowest BCUT2D eigenvalue weighted by Gasteiger charge is -2.10. The normalized spacial score (nSPS) is 10.5. The quantitative estimate of drug-likeness (QED) is 0.641. The third-order valence-electron chi connectivity index (χ3n) is 3.01. The van der Waals surface area contributed by atoms with Crippen LogP contribution in [-0.2, 0) is 19.1 Å². The molecule has 0 atom stereocenters.